The number of nitrogens with one attached hydrogen (secondary N) is 1. The van der Waals surface area contributed by atoms with Gasteiger partial charge in [-0.05, 0) is 43.0 Å². The van der Waals surface area contributed by atoms with Gasteiger partial charge in [0.15, 0.2) is 5.69 Å². The third kappa shape index (κ3) is 5.48. The standard InChI is InChI=1S/C25H25FN4O5/c1-16-8-2-3-9-17(16)19(15-23(31)32)27-24(33)20-14-22(35-25(34)29-12-6-7-13-29)30(28-20)21-11-5-4-10-18(21)26/h2-5,8-11,14,19H,6-7,12-13,15H2,1H3,(H,27,33)(H,31,32)/t19-/m0/s1. The lowest BCUT2D eigenvalue weighted by atomic mass is 9.98. The van der Waals surface area contributed by atoms with Gasteiger partial charge in [0, 0.05) is 19.2 Å². The number of likely N-dealkylation sites (tertiary alicyclic amines) is 1. The van der Waals surface area contributed by atoms with E-state index in [1.54, 1.807) is 18.2 Å². The number of carbonyl (C=O) groups excluding carboxylic acids is 2. The molecule has 0 radical (unpaired) electrons. The topological polar surface area (TPSA) is 114 Å². The number of hydrogen-bond donors (Lipinski definition) is 2. The van der Waals surface area contributed by atoms with Crippen LogP contribution in [0.3, 0.4) is 0 Å². The number of hydrogen-bond acceptors (Lipinski definition) is 5. The SMILES string of the molecule is Cc1ccccc1[C@H](CC(=O)O)NC(=O)c1cc(OC(=O)N2CCCC2)n(-c2ccccc2F)n1. The maximum atomic E-state index is 14.5. The second kappa shape index (κ2) is 10.4. The van der Waals surface area contributed by atoms with Crippen molar-refractivity contribution in [3.05, 3.63) is 77.2 Å². The molecule has 9 nitrogen and oxygen atoms in total. The highest BCUT2D eigenvalue weighted by atomic mass is 19.1. The lowest BCUT2D eigenvalue weighted by Gasteiger charge is -2.18. The molecule has 1 fully saturated rings. The fraction of sp³-hybridized carbons (Fsp3) is 0.280. The number of rotatable bonds is 7. The number of para-hydroxylation sites is 1. The van der Waals surface area contributed by atoms with Gasteiger partial charge in [0.05, 0.1) is 12.5 Å². The smallest absolute Gasteiger partial charge is 0.416 e. The van der Waals surface area contributed by atoms with Crippen molar-refractivity contribution in [3.63, 3.8) is 0 Å². The van der Waals surface area contributed by atoms with Crippen LogP contribution in [0.2, 0.25) is 0 Å². The molecular weight excluding hydrogens is 455 g/mol. The Hall–Kier alpha value is -4.21. The van der Waals surface area contributed by atoms with E-state index in [-0.39, 0.29) is 23.7 Å². The van der Waals surface area contributed by atoms with E-state index in [0.717, 1.165) is 23.1 Å². The maximum absolute atomic E-state index is 14.5. The predicted octanol–water partition coefficient (Wildman–Crippen LogP) is 3.86. The number of halogens is 1. The van der Waals surface area contributed by atoms with E-state index in [1.807, 2.05) is 19.1 Å². The molecule has 1 saturated heterocycles. The summed E-state index contributed by atoms with van der Waals surface area (Å²) in [5.41, 5.74) is 1.31. The number of aromatic nitrogens is 2. The van der Waals surface area contributed by atoms with E-state index in [9.17, 15) is 23.9 Å². The van der Waals surface area contributed by atoms with Crippen LogP contribution in [0.5, 0.6) is 5.88 Å². The average Bonchev–Trinajstić information content (AvgIpc) is 3.50. The molecule has 10 heteroatoms. The third-order valence-corrected chi connectivity index (χ3v) is 5.79. The zero-order valence-electron chi connectivity index (χ0n) is 19.1. The molecule has 0 saturated carbocycles. The molecule has 2 heterocycles. The molecule has 2 N–H and O–H groups in total. The van der Waals surface area contributed by atoms with Crippen molar-refractivity contribution < 1.29 is 28.6 Å². The molecule has 1 aromatic heterocycles. The van der Waals surface area contributed by atoms with Crippen LogP contribution in [0.1, 0.15) is 46.9 Å². The summed E-state index contributed by atoms with van der Waals surface area (Å²) >= 11 is 0. The predicted molar refractivity (Wildman–Crippen MR) is 124 cm³/mol. The second-order valence-electron chi connectivity index (χ2n) is 8.27. The molecule has 2 amide bonds. The summed E-state index contributed by atoms with van der Waals surface area (Å²) in [4.78, 5) is 38.7. The summed E-state index contributed by atoms with van der Waals surface area (Å²) in [7, 11) is 0. The first-order valence-corrected chi connectivity index (χ1v) is 11.2. The lowest BCUT2D eigenvalue weighted by Crippen LogP contribution is -2.31. The minimum absolute atomic E-state index is 0.00300. The fourth-order valence-electron chi connectivity index (χ4n) is 4.02. The first-order chi connectivity index (χ1) is 16.8. The van der Waals surface area contributed by atoms with Crippen LogP contribution in [-0.2, 0) is 4.79 Å². The summed E-state index contributed by atoms with van der Waals surface area (Å²) in [6.45, 7) is 2.92. The van der Waals surface area contributed by atoms with Crippen LogP contribution < -0.4 is 10.1 Å². The lowest BCUT2D eigenvalue weighted by molar-refractivity contribution is -0.137. The summed E-state index contributed by atoms with van der Waals surface area (Å²) < 4.78 is 21.1. The van der Waals surface area contributed by atoms with Gasteiger partial charge in [0.25, 0.3) is 5.91 Å². The Labute approximate surface area is 201 Å². The zero-order valence-corrected chi connectivity index (χ0v) is 19.1. The molecule has 0 spiro atoms. The molecule has 0 aliphatic carbocycles. The maximum Gasteiger partial charge on any atom is 0.416 e. The summed E-state index contributed by atoms with van der Waals surface area (Å²) in [5, 5.41) is 16.3. The zero-order chi connectivity index (χ0) is 24.9. The van der Waals surface area contributed by atoms with Gasteiger partial charge in [-0.2, -0.15) is 9.78 Å². The Morgan fingerprint density at radius 3 is 2.49 bits per heavy atom. The third-order valence-electron chi connectivity index (χ3n) is 5.79. The van der Waals surface area contributed by atoms with Gasteiger partial charge in [-0.3, -0.25) is 9.59 Å². The van der Waals surface area contributed by atoms with Crippen molar-refractivity contribution in [2.75, 3.05) is 13.1 Å². The Bertz CT molecular complexity index is 1250. The van der Waals surface area contributed by atoms with Crippen LogP contribution in [0.25, 0.3) is 5.69 Å². The van der Waals surface area contributed by atoms with E-state index in [1.165, 1.54) is 29.2 Å². The van der Waals surface area contributed by atoms with Crippen molar-refractivity contribution >= 4 is 18.0 Å². The van der Waals surface area contributed by atoms with Crippen molar-refractivity contribution in [1.29, 1.82) is 0 Å². The van der Waals surface area contributed by atoms with Gasteiger partial charge in [-0.1, -0.05) is 36.4 Å². The highest BCUT2D eigenvalue weighted by Crippen LogP contribution is 2.25. The first-order valence-electron chi connectivity index (χ1n) is 11.2. The molecule has 1 aliphatic rings. The summed E-state index contributed by atoms with van der Waals surface area (Å²) in [5.74, 6) is -2.52. The second-order valence-corrected chi connectivity index (χ2v) is 8.27. The van der Waals surface area contributed by atoms with Gasteiger partial charge in [0.1, 0.15) is 11.5 Å². The minimum Gasteiger partial charge on any atom is -0.481 e. The molecule has 1 atom stereocenters. The molecule has 0 unspecified atom stereocenters. The number of carbonyl (C=O) groups is 3. The number of benzene rings is 2. The minimum atomic E-state index is -1.09. The number of aryl methyl sites for hydroxylation is 1. The summed E-state index contributed by atoms with van der Waals surface area (Å²) in [6, 6.07) is 13.3. The van der Waals surface area contributed by atoms with Crippen molar-refractivity contribution in [2.45, 2.75) is 32.2 Å². The molecule has 3 aromatic rings. The molecule has 4 rings (SSSR count). The largest absolute Gasteiger partial charge is 0.481 e. The Morgan fingerprint density at radius 2 is 1.80 bits per heavy atom. The number of carboxylic acids is 1. The molecule has 0 bridgehead atoms. The number of carboxylic acid groups (broad SMARTS) is 1. The van der Waals surface area contributed by atoms with Crippen LogP contribution in [0, 0.1) is 12.7 Å². The van der Waals surface area contributed by atoms with Gasteiger partial charge >= 0.3 is 12.1 Å². The molecule has 35 heavy (non-hydrogen) atoms. The van der Waals surface area contributed by atoms with Gasteiger partial charge < -0.3 is 20.1 Å². The van der Waals surface area contributed by atoms with E-state index in [4.69, 9.17) is 4.74 Å². The van der Waals surface area contributed by atoms with Crippen LogP contribution >= 0.6 is 0 Å². The van der Waals surface area contributed by atoms with Crippen molar-refractivity contribution in [3.8, 4) is 11.6 Å². The Kier molecular flexibility index (Phi) is 7.09. The number of nitrogens with zero attached hydrogens (tertiary/aromatic N) is 3. The van der Waals surface area contributed by atoms with E-state index >= 15 is 0 Å². The van der Waals surface area contributed by atoms with Crippen molar-refractivity contribution in [1.82, 2.24) is 20.0 Å². The molecule has 182 valence electrons. The van der Waals surface area contributed by atoms with E-state index < -0.39 is 29.8 Å². The Balaban J connectivity index is 1.66. The fourth-order valence-corrected chi connectivity index (χ4v) is 4.02. The Morgan fingerprint density at radius 1 is 1.11 bits per heavy atom. The van der Waals surface area contributed by atoms with Gasteiger partial charge in [0.2, 0.25) is 5.88 Å². The van der Waals surface area contributed by atoms with E-state index in [2.05, 4.69) is 10.4 Å². The average molecular weight is 480 g/mol. The van der Waals surface area contributed by atoms with Crippen molar-refractivity contribution in [2.24, 2.45) is 0 Å². The molecular formula is C25H25FN4O5. The highest BCUT2D eigenvalue weighted by Gasteiger charge is 2.26. The van der Waals surface area contributed by atoms with Crippen LogP contribution in [0.4, 0.5) is 9.18 Å². The van der Waals surface area contributed by atoms with Crippen LogP contribution in [-0.4, -0.2) is 50.8 Å². The number of aliphatic carboxylic acids is 1. The quantitative estimate of drug-likeness (QED) is 0.531. The number of ether oxygens (including phenoxy) is 1. The first kappa shape index (κ1) is 23.9. The normalized spacial score (nSPS) is 13.9. The summed E-state index contributed by atoms with van der Waals surface area (Å²) in [6.07, 6.45) is 0.760. The van der Waals surface area contributed by atoms with Gasteiger partial charge in [-0.15, -0.1) is 0 Å². The monoisotopic (exact) mass is 480 g/mol. The van der Waals surface area contributed by atoms with Gasteiger partial charge in [-0.25, -0.2) is 9.18 Å². The number of amides is 2. The molecule has 2 aromatic carbocycles. The highest BCUT2D eigenvalue weighted by molar-refractivity contribution is 5.93. The van der Waals surface area contributed by atoms with Crippen LogP contribution in [0.15, 0.2) is 54.6 Å². The van der Waals surface area contributed by atoms with E-state index in [0.29, 0.717) is 18.7 Å². The molecule has 1 aliphatic heterocycles.